The predicted octanol–water partition coefficient (Wildman–Crippen LogP) is 2.89. The summed E-state index contributed by atoms with van der Waals surface area (Å²) in [6, 6.07) is 5.90. The Hall–Kier alpha value is -2.55. The third-order valence-corrected chi connectivity index (χ3v) is 3.92. The van der Waals surface area contributed by atoms with Crippen molar-refractivity contribution < 1.29 is 9.53 Å². The average Bonchev–Trinajstić information content (AvgIpc) is 3.33. The van der Waals surface area contributed by atoms with Crippen LogP contribution in [-0.4, -0.2) is 31.8 Å². The Bertz CT molecular complexity index is 643. The van der Waals surface area contributed by atoms with E-state index in [-0.39, 0.29) is 11.6 Å². The Morgan fingerprint density at radius 2 is 2.12 bits per heavy atom. The molecule has 128 valence electrons. The molecule has 0 saturated heterocycles. The number of terminal acetylenes is 1. The largest absolute Gasteiger partial charge is 0.495 e. The minimum atomic E-state index is -0.340. The molecule has 1 amide bonds. The second kappa shape index (κ2) is 8.34. The lowest BCUT2D eigenvalue weighted by Crippen LogP contribution is -2.29. The van der Waals surface area contributed by atoms with Crippen LogP contribution in [0.1, 0.15) is 31.2 Å². The van der Waals surface area contributed by atoms with Gasteiger partial charge in [-0.25, -0.2) is 0 Å². The van der Waals surface area contributed by atoms with Crippen molar-refractivity contribution >= 4 is 11.6 Å². The molecule has 1 aromatic rings. The van der Waals surface area contributed by atoms with E-state index >= 15 is 0 Å². The topological polar surface area (TPSA) is 75.1 Å². The van der Waals surface area contributed by atoms with Gasteiger partial charge in [-0.05, 0) is 24.6 Å². The average molecular weight is 328 g/mol. The zero-order valence-electron chi connectivity index (χ0n) is 14.3. The van der Waals surface area contributed by atoms with E-state index in [2.05, 4.69) is 26.8 Å². The van der Waals surface area contributed by atoms with Gasteiger partial charge in [0.05, 0.1) is 12.8 Å². The Kier molecular flexibility index (Phi) is 6.19. The maximum Gasteiger partial charge on any atom is 0.221 e. The van der Waals surface area contributed by atoms with Crippen molar-refractivity contribution in [2.45, 2.75) is 38.3 Å². The Balaban J connectivity index is 1.65. The summed E-state index contributed by atoms with van der Waals surface area (Å²) in [5.41, 5.74) is 1.69. The van der Waals surface area contributed by atoms with Crippen LogP contribution in [0.15, 0.2) is 28.4 Å². The van der Waals surface area contributed by atoms with E-state index in [4.69, 9.17) is 11.2 Å². The summed E-state index contributed by atoms with van der Waals surface area (Å²) in [5, 5.41) is 14.2. The molecule has 0 fully saturated rings. The first-order valence-electron chi connectivity index (χ1n) is 8.11. The number of hydrogen-bond acceptors (Lipinski definition) is 5. The van der Waals surface area contributed by atoms with E-state index in [1.54, 1.807) is 7.11 Å². The molecule has 0 spiro atoms. The molecule has 2 rings (SSSR count). The van der Waals surface area contributed by atoms with Crippen LogP contribution in [0.3, 0.4) is 0 Å². The number of nitrogens with zero attached hydrogens (tertiary/aromatic N) is 2. The molecule has 0 saturated carbocycles. The number of amides is 1. The van der Waals surface area contributed by atoms with Gasteiger partial charge in [-0.1, -0.05) is 6.07 Å². The maximum atomic E-state index is 11.9. The van der Waals surface area contributed by atoms with E-state index in [1.807, 2.05) is 25.1 Å². The second-order valence-corrected chi connectivity index (χ2v) is 5.87. The molecule has 1 heterocycles. The SMILES string of the molecule is C#CCCC1(CCNC(=O)CCNc2cc(C)ccc2OC)N=N1. The van der Waals surface area contributed by atoms with Crippen LogP contribution >= 0.6 is 0 Å². The number of aryl methyl sites for hydroxylation is 1. The molecule has 0 radical (unpaired) electrons. The normalized spacial score (nSPS) is 13.9. The highest BCUT2D eigenvalue weighted by Crippen LogP contribution is 2.36. The molecule has 0 aliphatic carbocycles. The smallest absolute Gasteiger partial charge is 0.221 e. The fraction of sp³-hybridized carbons (Fsp3) is 0.500. The number of anilines is 1. The first-order valence-corrected chi connectivity index (χ1v) is 8.11. The van der Waals surface area contributed by atoms with Gasteiger partial charge in [0, 0.05) is 38.8 Å². The molecule has 0 unspecified atom stereocenters. The summed E-state index contributed by atoms with van der Waals surface area (Å²) >= 11 is 0. The van der Waals surface area contributed by atoms with E-state index < -0.39 is 0 Å². The van der Waals surface area contributed by atoms with Crippen molar-refractivity contribution in [1.82, 2.24) is 5.32 Å². The molecule has 24 heavy (non-hydrogen) atoms. The summed E-state index contributed by atoms with van der Waals surface area (Å²) in [7, 11) is 1.63. The molecular weight excluding hydrogens is 304 g/mol. The first-order chi connectivity index (χ1) is 11.6. The van der Waals surface area contributed by atoms with Crippen LogP contribution in [-0.2, 0) is 4.79 Å². The van der Waals surface area contributed by atoms with Gasteiger partial charge in [-0.2, -0.15) is 10.2 Å². The summed E-state index contributed by atoms with van der Waals surface area (Å²) in [6.07, 6.45) is 7.77. The first kappa shape index (κ1) is 17.8. The van der Waals surface area contributed by atoms with Gasteiger partial charge < -0.3 is 15.4 Å². The van der Waals surface area contributed by atoms with Crippen molar-refractivity contribution in [2.75, 3.05) is 25.5 Å². The Morgan fingerprint density at radius 3 is 2.79 bits per heavy atom. The van der Waals surface area contributed by atoms with Gasteiger partial charge in [0.25, 0.3) is 0 Å². The number of ether oxygens (including phenoxy) is 1. The third-order valence-electron chi connectivity index (χ3n) is 3.92. The summed E-state index contributed by atoms with van der Waals surface area (Å²) in [5.74, 6) is 3.37. The molecule has 1 aliphatic heterocycles. The van der Waals surface area contributed by atoms with Crippen LogP contribution in [0.25, 0.3) is 0 Å². The summed E-state index contributed by atoms with van der Waals surface area (Å²) in [4.78, 5) is 11.9. The number of methoxy groups -OCH3 is 1. The predicted molar refractivity (Wildman–Crippen MR) is 94.1 cm³/mol. The third kappa shape index (κ3) is 5.27. The van der Waals surface area contributed by atoms with Crippen molar-refractivity contribution in [3.05, 3.63) is 23.8 Å². The molecule has 0 bridgehead atoms. The zero-order valence-corrected chi connectivity index (χ0v) is 14.3. The molecule has 2 N–H and O–H groups in total. The fourth-order valence-corrected chi connectivity index (χ4v) is 2.43. The number of carbonyl (C=O) groups excluding carboxylic acids is 1. The minimum absolute atomic E-state index is 0.00173. The number of benzene rings is 1. The van der Waals surface area contributed by atoms with Gasteiger partial charge in [-0.15, -0.1) is 12.3 Å². The molecule has 1 aliphatic rings. The number of hydrogen-bond donors (Lipinski definition) is 2. The van der Waals surface area contributed by atoms with Gasteiger partial charge in [0.15, 0.2) is 5.66 Å². The molecule has 0 aromatic heterocycles. The van der Waals surface area contributed by atoms with E-state index in [0.29, 0.717) is 32.4 Å². The monoisotopic (exact) mass is 328 g/mol. The van der Waals surface area contributed by atoms with Gasteiger partial charge in [0.1, 0.15) is 5.75 Å². The molecule has 6 nitrogen and oxygen atoms in total. The van der Waals surface area contributed by atoms with Crippen molar-refractivity contribution in [1.29, 1.82) is 0 Å². The number of carbonyl (C=O) groups is 1. The van der Waals surface area contributed by atoms with Gasteiger partial charge in [0.2, 0.25) is 5.91 Å². The van der Waals surface area contributed by atoms with Crippen LogP contribution < -0.4 is 15.4 Å². The lowest BCUT2D eigenvalue weighted by atomic mass is 10.0. The van der Waals surface area contributed by atoms with Gasteiger partial charge in [-0.3, -0.25) is 4.79 Å². The van der Waals surface area contributed by atoms with E-state index in [0.717, 1.165) is 23.4 Å². The van der Waals surface area contributed by atoms with Crippen molar-refractivity contribution in [3.8, 4) is 18.1 Å². The standard InChI is InChI=1S/C18H24N4O2/c1-4-5-9-18(21-22-18)10-12-20-17(23)8-11-19-15-13-14(2)6-7-16(15)24-3/h1,6-7,13,19H,5,8-12H2,2-3H3,(H,20,23). The van der Waals surface area contributed by atoms with Crippen molar-refractivity contribution in [2.24, 2.45) is 10.2 Å². The Morgan fingerprint density at radius 1 is 1.33 bits per heavy atom. The highest BCUT2D eigenvalue weighted by atomic mass is 16.5. The van der Waals surface area contributed by atoms with Crippen LogP contribution in [0.5, 0.6) is 5.75 Å². The maximum absolute atomic E-state index is 11.9. The van der Waals surface area contributed by atoms with Crippen LogP contribution in [0, 0.1) is 19.3 Å². The molecular formula is C18H24N4O2. The highest BCUT2D eigenvalue weighted by molar-refractivity contribution is 5.76. The molecule has 0 atom stereocenters. The van der Waals surface area contributed by atoms with Crippen LogP contribution in [0.2, 0.25) is 0 Å². The lowest BCUT2D eigenvalue weighted by molar-refractivity contribution is -0.120. The summed E-state index contributed by atoms with van der Waals surface area (Å²) < 4.78 is 5.30. The van der Waals surface area contributed by atoms with E-state index in [1.165, 1.54) is 0 Å². The number of nitrogens with one attached hydrogen (secondary N) is 2. The number of rotatable bonds is 10. The zero-order chi connectivity index (χ0) is 17.4. The fourth-order valence-electron chi connectivity index (χ4n) is 2.43. The summed E-state index contributed by atoms with van der Waals surface area (Å²) in [6.45, 7) is 3.12. The van der Waals surface area contributed by atoms with Crippen molar-refractivity contribution in [3.63, 3.8) is 0 Å². The quantitative estimate of drug-likeness (QED) is 0.649. The van der Waals surface area contributed by atoms with E-state index in [9.17, 15) is 4.79 Å². The lowest BCUT2D eigenvalue weighted by Gasteiger charge is -2.12. The molecule has 6 heteroatoms. The molecule has 1 aromatic carbocycles. The second-order valence-electron chi connectivity index (χ2n) is 5.87. The van der Waals surface area contributed by atoms with Gasteiger partial charge >= 0.3 is 0 Å². The Labute approximate surface area is 143 Å². The van der Waals surface area contributed by atoms with Crippen LogP contribution in [0.4, 0.5) is 5.69 Å². The highest BCUT2D eigenvalue weighted by Gasteiger charge is 2.38. The minimum Gasteiger partial charge on any atom is -0.495 e.